The molecule has 0 N–H and O–H groups in total. The normalized spacial score (nSPS) is 16.9. The monoisotopic (exact) mass is 450 g/mol. The number of nitrogens with zero attached hydrogens (tertiary/aromatic N) is 6. The number of amides is 1. The number of carbonyl (C=O) groups excluding carboxylic acids is 1. The van der Waals surface area contributed by atoms with E-state index >= 15 is 0 Å². The molecule has 0 radical (unpaired) electrons. The molecule has 0 aliphatic carbocycles. The van der Waals surface area contributed by atoms with Crippen molar-refractivity contribution >= 4 is 22.9 Å². The Morgan fingerprint density at radius 2 is 1.97 bits per heavy atom. The van der Waals surface area contributed by atoms with Crippen molar-refractivity contribution in [3.05, 3.63) is 42.9 Å². The van der Waals surface area contributed by atoms with Crippen molar-refractivity contribution in [1.29, 1.82) is 0 Å². The first-order valence-electron chi connectivity index (χ1n) is 11.7. The minimum atomic E-state index is -0.506. The average molecular weight is 451 g/mol. The lowest BCUT2D eigenvalue weighted by Gasteiger charge is -2.38. The van der Waals surface area contributed by atoms with Crippen molar-refractivity contribution in [3.8, 4) is 5.69 Å². The summed E-state index contributed by atoms with van der Waals surface area (Å²) in [5, 5.41) is 5.53. The molecule has 1 saturated heterocycles. The van der Waals surface area contributed by atoms with Crippen LogP contribution in [0.15, 0.2) is 42.9 Å². The van der Waals surface area contributed by atoms with Gasteiger partial charge in [-0.05, 0) is 65.5 Å². The van der Waals surface area contributed by atoms with Crippen LogP contribution in [0, 0.1) is 5.92 Å². The molecule has 0 spiro atoms. The Morgan fingerprint density at radius 3 is 2.67 bits per heavy atom. The fourth-order valence-electron chi connectivity index (χ4n) is 4.34. The Labute approximate surface area is 195 Å². The van der Waals surface area contributed by atoms with Gasteiger partial charge in [0, 0.05) is 25.7 Å². The Kier molecular flexibility index (Phi) is 6.54. The molecule has 1 atom stereocenters. The zero-order valence-corrected chi connectivity index (χ0v) is 20.2. The van der Waals surface area contributed by atoms with Crippen LogP contribution < -0.4 is 4.90 Å². The number of aromatic nitrogens is 4. The molecular weight excluding hydrogens is 416 g/mol. The van der Waals surface area contributed by atoms with E-state index in [1.807, 2.05) is 80.7 Å². The van der Waals surface area contributed by atoms with E-state index in [9.17, 15) is 4.79 Å². The van der Waals surface area contributed by atoms with Gasteiger partial charge in [-0.2, -0.15) is 5.10 Å². The van der Waals surface area contributed by atoms with Crippen molar-refractivity contribution in [2.24, 2.45) is 5.92 Å². The minimum absolute atomic E-state index is 0.0742. The zero-order chi connectivity index (χ0) is 23.6. The van der Waals surface area contributed by atoms with Crippen LogP contribution in [0.2, 0.25) is 0 Å². The highest BCUT2D eigenvalue weighted by molar-refractivity contribution is 5.87. The quantitative estimate of drug-likeness (QED) is 0.562. The van der Waals surface area contributed by atoms with Crippen molar-refractivity contribution in [1.82, 2.24) is 24.6 Å². The number of hydrogen-bond donors (Lipinski definition) is 0. The molecule has 0 saturated carbocycles. The lowest BCUT2D eigenvalue weighted by atomic mass is 9.97. The van der Waals surface area contributed by atoms with Crippen LogP contribution in [0.4, 0.5) is 10.6 Å². The highest BCUT2D eigenvalue weighted by atomic mass is 16.6. The molecule has 176 valence electrons. The molecule has 2 aromatic heterocycles. The van der Waals surface area contributed by atoms with Crippen molar-refractivity contribution in [3.63, 3.8) is 0 Å². The van der Waals surface area contributed by atoms with Gasteiger partial charge in [-0.25, -0.2) is 19.4 Å². The van der Waals surface area contributed by atoms with E-state index in [0.29, 0.717) is 12.5 Å². The number of hydrogen-bond acceptors (Lipinski definition) is 6. The second-order valence-electron chi connectivity index (χ2n) is 10.0. The van der Waals surface area contributed by atoms with Crippen LogP contribution in [0.5, 0.6) is 0 Å². The summed E-state index contributed by atoms with van der Waals surface area (Å²) in [5.41, 5.74) is 1.26. The smallest absolute Gasteiger partial charge is 0.410 e. The highest BCUT2D eigenvalue weighted by Crippen LogP contribution is 2.29. The molecule has 1 aliphatic heterocycles. The number of rotatable bonds is 5. The van der Waals surface area contributed by atoms with Crippen LogP contribution in [-0.2, 0) is 4.74 Å². The van der Waals surface area contributed by atoms with Gasteiger partial charge in [-0.1, -0.05) is 18.2 Å². The molecule has 3 heterocycles. The van der Waals surface area contributed by atoms with Gasteiger partial charge < -0.3 is 14.5 Å². The SMILES string of the molecule is CC(C)N(C[C@H]1CCCN(c2ncnc3c2cnn3-c2ccccc2)C1)C(=O)OC(C)(C)C. The van der Waals surface area contributed by atoms with Crippen LogP contribution in [0.25, 0.3) is 16.7 Å². The van der Waals surface area contributed by atoms with Gasteiger partial charge in [-0.15, -0.1) is 0 Å². The summed E-state index contributed by atoms with van der Waals surface area (Å²) in [6.07, 6.45) is 5.33. The van der Waals surface area contributed by atoms with Gasteiger partial charge in [0.25, 0.3) is 0 Å². The van der Waals surface area contributed by atoms with Crippen LogP contribution in [0.1, 0.15) is 47.5 Å². The van der Waals surface area contributed by atoms with Gasteiger partial charge in [0.1, 0.15) is 17.7 Å². The van der Waals surface area contributed by atoms with E-state index < -0.39 is 5.60 Å². The Balaban J connectivity index is 1.54. The molecule has 8 nitrogen and oxygen atoms in total. The van der Waals surface area contributed by atoms with Crippen molar-refractivity contribution < 1.29 is 9.53 Å². The van der Waals surface area contributed by atoms with Crippen LogP contribution in [0.3, 0.4) is 0 Å². The maximum absolute atomic E-state index is 12.8. The lowest BCUT2D eigenvalue weighted by molar-refractivity contribution is 0.0151. The van der Waals surface area contributed by atoms with E-state index in [1.54, 1.807) is 6.33 Å². The van der Waals surface area contributed by atoms with Gasteiger partial charge in [-0.3, -0.25) is 0 Å². The second-order valence-corrected chi connectivity index (χ2v) is 10.0. The molecule has 4 rings (SSSR count). The van der Waals surface area contributed by atoms with E-state index in [-0.39, 0.29) is 12.1 Å². The number of anilines is 1. The van der Waals surface area contributed by atoms with Gasteiger partial charge in [0.15, 0.2) is 5.65 Å². The third-order valence-corrected chi connectivity index (χ3v) is 5.87. The fourth-order valence-corrected chi connectivity index (χ4v) is 4.34. The molecule has 8 heteroatoms. The third kappa shape index (κ3) is 5.26. The highest BCUT2D eigenvalue weighted by Gasteiger charge is 2.30. The standard InChI is InChI=1S/C25H34N6O2/c1-18(2)30(24(32)33-25(3,4)5)16-19-10-9-13-29(15-19)22-21-14-28-31(23(21)27-17-26-22)20-11-7-6-8-12-20/h6-8,11-12,14,17-19H,9-10,13,15-16H2,1-5H3/t19-/m0/s1. The van der Waals surface area contributed by atoms with Gasteiger partial charge in [0.05, 0.1) is 17.3 Å². The topological polar surface area (TPSA) is 76.4 Å². The molecule has 1 amide bonds. The average Bonchev–Trinajstić information content (AvgIpc) is 3.21. The third-order valence-electron chi connectivity index (χ3n) is 5.87. The summed E-state index contributed by atoms with van der Waals surface area (Å²) in [5.74, 6) is 1.24. The minimum Gasteiger partial charge on any atom is -0.444 e. The van der Waals surface area contributed by atoms with E-state index in [2.05, 4.69) is 20.0 Å². The summed E-state index contributed by atoms with van der Waals surface area (Å²) in [6, 6.07) is 10.1. The molecule has 0 unspecified atom stereocenters. The number of piperidine rings is 1. The number of carbonyl (C=O) groups is 1. The first-order chi connectivity index (χ1) is 15.7. The van der Waals surface area contributed by atoms with Crippen molar-refractivity contribution in [2.75, 3.05) is 24.5 Å². The lowest BCUT2D eigenvalue weighted by Crippen LogP contribution is -2.47. The Bertz CT molecular complexity index is 1090. The molecule has 1 fully saturated rings. The largest absolute Gasteiger partial charge is 0.444 e. The number of benzene rings is 1. The molecular formula is C25H34N6O2. The summed E-state index contributed by atoms with van der Waals surface area (Å²) in [7, 11) is 0. The fraction of sp³-hybridized carbons (Fsp3) is 0.520. The zero-order valence-electron chi connectivity index (χ0n) is 20.2. The van der Waals surface area contributed by atoms with Gasteiger partial charge in [0.2, 0.25) is 0 Å². The Morgan fingerprint density at radius 1 is 1.21 bits per heavy atom. The maximum Gasteiger partial charge on any atom is 0.410 e. The number of para-hydroxylation sites is 1. The van der Waals surface area contributed by atoms with E-state index in [1.165, 1.54) is 0 Å². The van der Waals surface area contributed by atoms with Crippen molar-refractivity contribution in [2.45, 2.75) is 59.1 Å². The van der Waals surface area contributed by atoms with Gasteiger partial charge >= 0.3 is 6.09 Å². The second kappa shape index (κ2) is 9.37. The molecule has 1 aliphatic rings. The summed E-state index contributed by atoms with van der Waals surface area (Å²) in [4.78, 5) is 26.1. The van der Waals surface area contributed by atoms with Crippen LogP contribution in [-0.4, -0.2) is 62.0 Å². The summed E-state index contributed by atoms with van der Waals surface area (Å²) in [6.45, 7) is 12.2. The molecule has 1 aromatic carbocycles. The van der Waals surface area contributed by atoms with Crippen LogP contribution >= 0.6 is 0 Å². The number of fused-ring (bicyclic) bond motifs is 1. The molecule has 0 bridgehead atoms. The first-order valence-corrected chi connectivity index (χ1v) is 11.7. The van der Waals surface area contributed by atoms with E-state index in [4.69, 9.17) is 4.74 Å². The summed E-state index contributed by atoms with van der Waals surface area (Å²) >= 11 is 0. The first kappa shape index (κ1) is 23.0. The molecule has 3 aromatic rings. The van der Waals surface area contributed by atoms with E-state index in [0.717, 1.165) is 48.5 Å². The Hall–Kier alpha value is -3.16. The molecule has 33 heavy (non-hydrogen) atoms. The predicted molar refractivity (Wildman–Crippen MR) is 130 cm³/mol. The number of ether oxygens (including phenoxy) is 1. The summed E-state index contributed by atoms with van der Waals surface area (Å²) < 4.78 is 7.51. The maximum atomic E-state index is 12.8. The predicted octanol–water partition coefficient (Wildman–Crippen LogP) is 4.68.